The van der Waals surface area contributed by atoms with Gasteiger partial charge in [-0.1, -0.05) is 30.4 Å². The summed E-state index contributed by atoms with van der Waals surface area (Å²) in [4.78, 5) is 0. The van der Waals surface area contributed by atoms with Gasteiger partial charge in [0.15, 0.2) is 0 Å². The molecule has 1 rings (SSSR count). The first-order chi connectivity index (χ1) is 6.88. The highest BCUT2D eigenvalue weighted by Gasteiger charge is 1.95. The van der Waals surface area contributed by atoms with Crippen molar-refractivity contribution in [1.29, 1.82) is 0 Å². The zero-order chi connectivity index (χ0) is 10.2. The first-order valence-electron chi connectivity index (χ1n) is 4.79. The van der Waals surface area contributed by atoms with Gasteiger partial charge < -0.3 is 9.84 Å². The predicted molar refractivity (Wildman–Crippen MR) is 58.3 cm³/mol. The molecule has 1 aromatic rings. The minimum Gasteiger partial charge on any atom is -0.496 e. The highest BCUT2D eigenvalue weighted by Crippen LogP contribution is 2.18. The lowest BCUT2D eigenvalue weighted by molar-refractivity contribution is 0.290. The second kappa shape index (κ2) is 6.22. The van der Waals surface area contributed by atoms with E-state index in [9.17, 15) is 0 Å². The van der Waals surface area contributed by atoms with Crippen LogP contribution in [-0.4, -0.2) is 18.8 Å². The molecule has 0 bridgehead atoms. The summed E-state index contributed by atoms with van der Waals surface area (Å²) in [6.07, 6.45) is 5.78. The number of methoxy groups -OCH3 is 1. The normalized spacial score (nSPS) is 10.7. The Morgan fingerprint density at radius 3 is 2.86 bits per heavy atom. The molecule has 2 heteroatoms. The Morgan fingerprint density at radius 1 is 1.36 bits per heavy atom. The highest BCUT2D eigenvalue weighted by molar-refractivity contribution is 5.56. The molecule has 0 spiro atoms. The number of allylic oxidation sites excluding steroid dienone is 1. The maximum atomic E-state index is 8.61. The predicted octanol–water partition coefficient (Wildman–Crippen LogP) is 2.48. The van der Waals surface area contributed by atoms with Crippen molar-refractivity contribution in [2.45, 2.75) is 12.8 Å². The molecule has 0 atom stereocenters. The molecule has 0 aliphatic heterocycles. The number of ether oxygens (including phenoxy) is 1. The van der Waals surface area contributed by atoms with Crippen LogP contribution in [0.15, 0.2) is 30.3 Å². The fourth-order valence-corrected chi connectivity index (χ4v) is 1.22. The summed E-state index contributed by atoms with van der Waals surface area (Å²) in [7, 11) is 1.67. The molecule has 0 amide bonds. The van der Waals surface area contributed by atoms with Crippen LogP contribution in [0.25, 0.3) is 6.08 Å². The molecule has 0 heterocycles. The largest absolute Gasteiger partial charge is 0.496 e. The number of aliphatic hydroxyl groups excluding tert-OH is 1. The molecule has 0 unspecified atom stereocenters. The second-order valence-corrected chi connectivity index (χ2v) is 3.01. The molecule has 0 fully saturated rings. The minimum atomic E-state index is 0.246. The van der Waals surface area contributed by atoms with E-state index in [0.29, 0.717) is 0 Å². The molecule has 2 nitrogen and oxygen atoms in total. The topological polar surface area (TPSA) is 29.5 Å². The summed E-state index contributed by atoms with van der Waals surface area (Å²) in [5.41, 5.74) is 1.08. The third kappa shape index (κ3) is 3.23. The van der Waals surface area contributed by atoms with Gasteiger partial charge in [-0.05, 0) is 18.9 Å². The second-order valence-electron chi connectivity index (χ2n) is 3.01. The number of unbranched alkanes of at least 4 members (excludes halogenated alkanes) is 1. The third-order valence-corrected chi connectivity index (χ3v) is 1.97. The van der Waals surface area contributed by atoms with Crippen molar-refractivity contribution in [3.8, 4) is 5.75 Å². The number of para-hydroxylation sites is 1. The summed E-state index contributed by atoms with van der Waals surface area (Å²) < 4.78 is 5.20. The summed E-state index contributed by atoms with van der Waals surface area (Å²) in [5.74, 6) is 0.882. The molecule has 0 radical (unpaired) electrons. The Morgan fingerprint density at radius 2 is 2.14 bits per heavy atom. The van der Waals surface area contributed by atoms with Crippen LogP contribution in [0, 0.1) is 0 Å². The summed E-state index contributed by atoms with van der Waals surface area (Å²) in [5, 5.41) is 8.61. The Kier molecular flexibility index (Phi) is 4.79. The SMILES string of the molecule is COc1ccccc1/C=C/CCCO. The fraction of sp³-hybridized carbons (Fsp3) is 0.333. The number of rotatable bonds is 5. The van der Waals surface area contributed by atoms with Crippen LogP contribution in [0.2, 0.25) is 0 Å². The van der Waals surface area contributed by atoms with Gasteiger partial charge in [0, 0.05) is 12.2 Å². The van der Waals surface area contributed by atoms with Crippen LogP contribution < -0.4 is 4.74 Å². The molecule has 0 aliphatic rings. The van der Waals surface area contributed by atoms with Crippen LogP contribution >= 0.6 is 0 Å². The molecule has 14 heavy (non-hydrogen) atoms. The number of hydrogen-bond acceptors (Lipinski definition) is 2. The van der Waals surface area contributed by atoms with E-state index in [2.05, 4.69) is 0 Å². The van der Waals surface area contributed by atoms with E-state index in [-0.39, 0.29) is 6.61 Å². The molecule has 0 aromatic heterocycles. The zero-order valence-corrected chi connectivity index (χ0v) is 8.44. The molecule has 76 valence electrons. The minimum absolute atomic E-state index is 0.246. The summed E-state index contributed by atoms with van der Waals surface area (Å²) in [6, 6.07) is 7.87. The van der Waals surface area contributed by atoms with Crippen molar-refractivity contribution in [3.05, 3.63) is 35.9 Å². The Bertz CT molecular complexity index is 292. The molecular formula is C12H16O2. The van der Waals surface area contributed by atoms with Gasteiger partial charge in [-0.2, -0.15) is 0 Å². The Balaban J connectivity index is 2.61. The quantitative estimate of drug-likeness (QED) is 0.726. The van der Waals surface area contributed by atoms with E-state index in [1.165, 1.54) is 0 Å². The van der Waals surface area contributed by atoms with Crippen molar-refractivity contribution in [1.82, 2.24) is 0 Å². The van der Waals surface area contributed by atoms with Crippen LogP contribution in [0.1, 0.15) is 18.4 Å². The van der Waals surface area contributed by atoms with Gasteiger partial charge in [0.25, 0.3) is 0 Å². The summed E-state index contributed by atoms with van der Waals surface area (Å²) in [6.45, 7) is 0.246. The lowest BCUT2D eigenvalue weighted by Gasteiger charge is -2.02. The van der Waals surface area contributed by atoms with Crippen molar-refractivity contribution in [3.63, 3.8) is 0 Å². The Labute approximate surface area is 84.8 Å². The van der Waals surface area contributed by atoms with Gasteiger partial charge in [0.05, 0.1) is 7.11 Å². The highest BCUT2D eigenvalue weighted by atomic mass is 16.5. The van der Waals surface area contributed by atoms with Crippen molar-refractivity contribution >= 4 is 6.08 Å². The van der Waals surface area contributed by atoms with Crippen LogP contribution in [-0.2, 0) is 0 Å². The third-order valence-electron chi connectivity index (χ3n) is 1.97. The maximum Gasteiger partial charge on any atom is 0.126 e. The average Bonchev–Trinajstić information content (AvgIpc) is 2.25. The van der Waals surface area contributed by atoms with Crippen LogP contribution in [0.5, 0.6) is 5.75 Å². The van der Waals surface area contributed by atoms with E-state index in [0.717, 1.165) is 24.2 Å². The smallest absolute Gasteiger partial charge is 0.126 e. The van der Waals surface area contributed by atoms with Gasteiger partial charge in [0.2, 0.25) is 0 Å². The van der Waals surface area contributed by atoms with E-state index in [4.69, 9.17) is 9.84 Å². The first kappa shape index (κ1) is 10.8. The van der Waals surface area contributed by atoms with E-state index in [1.807, 2.05) is 36.4 Å². The molecule has 1 N–H and O–H groups in total. The molecule has 0 aliphatic carbocycles. The summed E-state index contributed by atoms with van der Waals surface area (Å²) >= 11 is 0. The Hall–Kier alpha value is -1.28. The van der Waals surface area contributed by atoms with Crippen molar-refractivity contribution < 1.29 is 9.84 Å². The van der Waals surface area contributed by atoms with Gasteiger partial charge in [-0.15, -0.1) is 0 Å². The van der Waals surface area contributed by atoms with E-state index < -0.39 is 0 Å². The standard InChI is InChI=1S/C12H16O2/c1-14-12-9-5-4-8-11(12)7-3-2-6-10-13/h3-5,7-9,13H,2,6,10H2,1H3/b7-3+. The monoisotopic (exact) mass is 192 g/mol. The van der Waals surface area contributed by atoms with Gasteiger partial charge in [-0.25, -0.2) is 0 Å². The molecular weight excluding hydrogens is 176 g/mol. The van der Waals surface area contributed by atoms with Crippen molar-refractivity contribution in [2.75, 3.05) is 13.7 Å². The number of benzene rings is 1. The lowest BCUT2D eigenvalue weighted by atomic mass is 10.1. The average molecular weight is 192 g/mol. The van der Waals surface area contributed by atoms with Crippen LogP contribution in [0.3, 0.4) is 0 Å². The lowest BCUT2D eigenvalue weighted by Crippen LogP contribution is -1.85. The number of hydrogen-bond donors (Lipinski definition) is 1. The van der Waals surface area contributed by atoms with Gasteiger partial charge in [-0.3, -0.25) is 0 Å². The first-order valence-corrected chi connectivity index (χ1v) is 4.79. The number of aliphatic hydroxyl groups is 1. The van der Waals surface area contributed by atoms with Gasteiger partial charge >= 0.3 is 0 Å². The van der Waals surface area contributed by atoms with E-state index >= 15 is 0 Å². The molecule has 0 saturated heterocycles. The maximum absolute atomic E-state index is 8.61. The molecule has 0 saturated carbocycles. The molecule has 1 aromatic carbocycles. The fourth-order valence-electron chi connectivity index (χ4n) is 1.22. The van der Waals surface area contributed by atoms with Gasteiger partial charge in [0.1, 0.15) is 5.75 Å². The van der Waals surface area contributed by atoms with Crippen molar-refractivity contribution in [2.24, 2.45) is 0 Å². The van der Waals surface area contributed by atoms with E-state index in [1.54, 1.807) is 7.11 Å². The van der Waals surface area contributed by atoms with Crippen LogP contribution in [0.4, 0.5) is 0 Å². The zero-order valence-electron chi connectivity index (χ0n) is 8.44.